The summed E-state index contributed by atoms with van der Waals surface area (Å²) in [5.41, 5.74) is 1.15. The summed E-state index contributed by atoms with van der Waals surface area (Å²) < 4.78 is 1.87. The van der Waals surface area contributed by atoms with Gasteiger partial charge in [0, 0.05) is 18.2 Å². The van der Waals surface area contributed by atoms with Crippen LogP contribution in [0.15, 0.2) is 29.7 Å². The fourth-order valence-corrected chi connectivity index (χ4v) is 2.71. The summed E-state index contributed by atoms with van der Waals surface area (Å²) in [5.74, 6) is -0.106. The van der Waals surface area contributed by atoms with Gasteiger partial charge in [-0.05, 0) is 26.3 Å². The third-order valence-corrected chi connectivity index (χ3v) is 4.09. The molecule has 1 amide bonds. The van der Waals surface area contributed by atoms with Crippen LogP contribution in [0, 0.1) is 17.0 Å². The number of aromatic nitrogens is 3. The van der Waals surface area contributed by atoms with Crippen LogP contribution in [0.25, 0.3) is 0 Å². The van der Waals surface area contributed by atoms with Crippen molar-refractivity contribution in [2.45, 2.75) is 32.0 Å². The monoisotopic (exact) mass is 335 g/mol. The smallest absolute Gasteiger partial charge is 0.271 e. The average Bonchev–Trinajstić information content (AvgIpc) is 2.96. The van der Waals surface area contributed by atoms with E-state index in [4.69, 9.17) is 0 Å². The summed E-state index contributed by atoms with van der Waals surface area (Å²) in [5, 5.41) is 22.0. The first kappa shape index (κ1) is 16.9. The molecule has 0 saturated heterocycles. The largest absolute Gasteiger partial charge is 0.325 e. The molecule has 1 heterocycles. The van der Waals surface area contributed by atoms with E-state index in [-0.39, 0.29) is 23.4 Å². The summed E-state index contributed by atoms with van der Waals surface area (Å²) in [4.78, 5) is 22.4. The molecule has 0 radical (unpaired) electrons. The Morgan fingerprint density at radius 2 is 2.22 bits per heavy atom. The molecule has 23 heavy (non-hydrogen) atoms. The van der Waals surface area contributed by atoms with Crippen molar-refractivity contribution in [3.8, 4) is 0 Å². The van der Waals surface area contributed by atoms with Crippen molar-refractivity contribution in [2.24, 2.45) is 0 Å². The number of benzene rings is 1. The van der Waals surface area contributed by atoms with E-state index >= 15 is 0 Å². The molecule has 2 rings (SSSR count). The minimum absolute atomic E-state index is 0.0573. The van der Waals surface area contributed by atoms with E-state index in [1.807, 2.05) is 18.4 Å². The molecule has 0 aliphatic heterocycles. The number of aryl methyl sites for hydroxylation is 1. The van der Waals surface area contributed by atoms with Gasteiger partial charge in [0.1, 0.15) is 6.33 Å². The first-order valence-corrected chi connectivity index (χ1v) is 7.94. The minimum atomic E-state index is -0.491. The summed E-state index contributed by atoms with van der Waals surface area (Å²) in [7, 11) is 0. The van der Waals surface area contributed by atoms with Crippen LogP contribution in [0.5, 0.6) is 0 Å². The van der Waals surface area contributed by atoms with Crippen molar-refractivity contribution in [3.05, 3.63) is 40.2 Å². The minimum Gasteiger partial charge on any atom is -0.325 e. The normalized spacial score (nSPS) is 10.8. The Morgan fingerprint density at radius 3 is 2.87 bits per heavy atom. The van der Waals surface area contributed by atoms with Crippen LogP contribution in [0.4, 0.5) is 11.4 Å². The van der Waals surface area contributed by atoms with Crippen molar-refractivity contribution in [3.63, 3.8) is 0 Å². The van der Waals surface area contributed by atoms with Crippen LogP contribution < -0.4 is 5.32 Å². The Labute approximate surface area is 137 Å². The number of hydrogen-bond acceptors (Lipinski definition) is 6. The van der Waals surface area contributed by atoms with Crippen LogP contribution in [-0.2, 0) is 4.79 Å². The van der Waals surface area contributed by atoms with Crippen LogP contribution in [0.2, 0.25) is 0 Å². The van der Waals surface area contributed by atoms with E-state index in [1.54, 1.807) is 19.3 Å². The third-order valence-electron chi connectivity index (χ3n) is 3.13. The van der Waals surface area contributed by atoms with Crippen LogP contribution in [0.1, 0.15) is 25.5 Å². The van der Waals surface area contributed by atoms with Crippen LogP contribution >= 0.6 is 11.8 Å². The van der Waals surface area contributed by atoms with Gasteiger partial charge in [-0.15, -0.1) is 10.2 Å². The number of non-ortho nitro benzene ring substituents is 1. The SMILES string of the molecule is Cc1ccc([N+](=O)[O-])cc1NC(=O)CSc1nncn1C(C)C. The second-order valence-corrected chi connectivity index (χ2v) is 6.15. The number of thioether (sulfide) groups is 1. The van der Waals surface area contributed by atoms with Gasteiger partial charge in [-0.2, -0.15) is 0 Å². The van der Waals surface area contributed by atoms with Gasteiger partial charge < -0.3 is 9.88 Å². The van der Waals surface area contributed by atoms with E-state index in [9.17, 15) is 14.9 Å². The number of carbonyl (C=O) groups is 1. The molecular formula is C14H17N5O3S. The standard InChI is InChI=1S/C14H17N5O3S/c1-9(2)18-8-15-17-14(18)23-7-13(20)16-12-6-11(19(21)22)5-4-10(12)3/h4-6,8-9H,7H2,1-3H3,(H,16,20). The molecule has 8 nitrogen and oxygen atoms in total. The van der Waals surface area contributed by atoms with Gasteiger partial charge in [-0.1, -0.05) is 17.8 Å². The fraction of sp³-hybridized carbons (Fsp3) is 0.357. The second-order valence-electron chi connectivity index (χ2n) is 5.21. The molecule has 0 bridgehead atoms. The molecule has 0 saturated carbocycles. The molecular weight excluding hydrogens is 318 g/mol. The molecule has 9 heteroatoms. The highest BCUT2D eigenvalue weighted by atomic mass is 32.2. The predicted octanol–water partition coefficient (Wildman–Crippen LogP) is 2.81. The Kier molecular flexibility index (Phi) is 5.32. The van der Waals surface area contributed by atoms with E-state index in [0.29, 0.717) is 10.8 Å². The first-order valence-electron chi connectivity index (χ1n) is 6.95. The number of hydrogen-bond donors (Lipinski definition) is 1. The van der Waals surface area contributed by atoms with Gasteiger partial charge in [0.2, 0.25) is 5.91 Å². The van der Waals surface area contributed by atoms with E-state index < -0.39 is 4.92 Å². The number of nitrogens with zero attached hydrogens (tertiary/aromatic N) is 4. The number of anilines is 1. The number of nitrogens with one attached hydrogen (secondary N) is 1. The predicted molar refractivity (Wildman–Crippen MR) is 87.6 cm³/mol. The zero-order chi connectivity index (χ0) is 17.0. The number of carbonyl (C=O) groups excluding carboxylic acids is 1. The lowest BCUT2D eigenvalue weighted by atomic mass is 10.2. The highest BCUT2D eigenvalue weighted by Crippen LogP contribution is 2.23. The van der Waals surface area contributed by atoms with E-state index in [2.05, 4.69) is 15.5 Å². The third kappa shape index (κ3) is 4.28. The zero-order valence-electron chi connectivity index (χ0n) is 13.0. The first-order chi connectivity index (χ1) is 10.9. The molecule has 0 aliphatic carbocycles. The molecule has 0 atom stereocenters. The number of nitro benzene ring substituents is 1. The lowest BCUT2D eigenvalue weighted by Gasteiger charge is -2.10. The van der Waals surface area contributed by atoms with E-state index in [0.717, 1.165) is 5.56 Å². The second kappa shape index (κ2) is 7.23. The Bertz CT molecular complexity index is 729. The molecule has 1 aromatic carbocycles. The molecule has 0 unspecified atom stereocenters. The summed E-state index contributed by atoms with van der Waals surface area (Å²) in [6, 6.07) is 4.57. The Balaban J connectivity index is 2.01. The van der Waals surface area contributed by atoms with Crippen molar-refractivity contribution in [1.82, 2.24) is 14.8 Å². The van der Waals surface area contributed by atoms with Gasteiger partial charge in [0.25, 0.3) is 5.69 Å². The molecule has 1 aromatic heterocycles. The van der Waals surface area contributed by atoms with Crippen LogP contribution in [-0.4, -0.2) is 31.3 Å². The van der Waals surface area contributed by atoms with Gasteiger partial charge in [0.15, 0.2) is 5.16 Å². The van der Waals surface area contributed by atoms with Crippen molar-refractivity contribution in [1.29, 1.82) is 0 Å². The van der Waals surface area contributed by atoms with Crippen LogP contribution in [0.3, 0.4) is 0 Å². The maximum atomic E-state index is 12.1. The topological polar surface area (TPSA) is 103 Å². The van der Waals surface area contributed by atoms with Crippen molar-refractivity contribution in [2.75, 3.05) is 11.1 Å². The fourth-order valence-electron chi connectivity index (χ4n) is 1.86. The van der Waals surface area contributed by atoms with E-state index in [1.165, 1.54) is 23.9 Å². The highest BCUT2D eigenvalue weighted by Gasteiger charge is 2.13. The summed E-state index contributed by atoms with van der Waals surface area (Å²) in [6.45, 7) is 5.78. The maximum Gasteiger partial charge on any atom is 0.271 e. The average molecular weight is 335 g/mol. The molecule has 2 aromatic rings. The molecule has 122 valence electrons. The Hall–Kier alpha value is -2.42. The number of amides is 1. The maximum absolute atomic E-state index is 12.1. The van der Waals surface area contributed by atoms with Crippen molar-refractivity contribution >= 4 is 29.0 Å². The molecule has 0 aliphatic rings. The molecule has 1 N–H and O–H groups in total. The lowest BCUT2D eigenvalue weighted by molar-refractivity contribution is -0.384. The highest BCUT2D eigenvalue weighted by molar-refractivity contribution is 7.99. The van der Waals surface area contributed by atoms with Gasteiger partial charge in [-0.3, -0.25) is 14.9 Å². The molecule has 0 spiro atoms. The van der Waals surface area contributed by atoms with Crippen molar-refractivity contribution < 1.29 is 9.72 Å². The Morgan fingerprint density at radius 1 is 1.48 bits per heavy atom. The zero-order valence-corrected chi connectivity index (χ0v) is 13.8. The van der Waals surface area contributed by atoms with Gasteiger partial charge >= 0.3 is 0 Å². The summed E-state index contributed by atoms with van der Waals surface area (Å²) in [6.07, 6.45) is 1.62. The molecule has 0 fully saturated rings. The quantitative estimate of drug-likeness (QED) is 0.494. The number of rotatable bonds is 6. The van der Waals surface area contributed by atoms with Gasteiger partial charge in [-0.25, -0.2) is 0 Å². The van der Waals surface area contributed by atoms with Gasteiger partial charge in [0.05, 0.1) is 16.4 Å². The lowest BCUT2D eigenvalue weighted by Crippen LogP contribution is -2.15. The summed E-state index contributed by atoms with van der Waals surface area (Å²) >= 11 is 1.27. The number of nitro groups is 1.